The van der Waals surface area contributed by atoms with Crippen LogP contribution in [0, 0.1) is 3.57 Å². The summed E-state index contributed by atoms with van der Waals surface area (Å²) in [5, 5.41) is 18.2. The van der Waals surface area contributed by atoms with E-state index >= 15 is 0 Å². The minimum atomic E-state index is -0.825. The highest BCUT2D eigenvalue weighted by Crippen LogP contribution is 2.31. The second-order valence-corrected chi connectivity index (χ2v) is 6.24. The maximum absolute atomic E-state index is 10.6. The summed E-state index contributed by atoms with van der Waals surface area (Å²) in [6.07, 6.45) is 0.0437. The van der Waals surface area contributed by atoms with Gasteiger partial charge in [-0.2, -0.15) is 0 Å². The molecule has 0 atom stereocenters. The summed E-state index contributed by atoms with van der Waals surface area (Å²) >= 11 is 3.66. The van der Waals surface area contributed by atoms with E-state index in [2.05, 4.69) is 22.6 Å². The molecule has 0 aliphatic rings. The largest absolute Gasteiger partial charge is 0.507 e. The lowest BCUT2D eigenvalue weighted by molar-refractivity contribution is -0.136. The van der Waals surface area contributed by atoms with Crippen LogP contribution in [-0.2, 0) is 11.2 Å². The number of hydrogen-bond donors (Lipinski definition) is 2. The van der Waals surface area contributed by atoms with Crippen molar-refractivity contribution in [3.8, 4) is 5.75 Å². The van der Waals surface area contributed by atoms with Crippen molar-refractivity contribution >= 4 is 40.3 Å². The standard InChI is InChI=1S/C14H11IO3S/c15-12-8-11(5-6-13(12)16)19-10-3-1-9(2-4-10)7-14(17)18/h1-6,8,16H,7H2,(H,17,18). The quantitative estimate of drug-likeness (QED) is 0.786. The van der Waals surface area contributed by atoms with Crippen LogP contribution in [0.5, 0.6) is 5.75 Å². The first-order valence-electron chi connectivity index (χ1n) is 5.52. The first-order valence-corrected chi connectivity index (χ1v) is 7.41. The van der Waals surface area contributed by atoms with E-state index in [4.69, 9.17) is 5.11 Å². The molecular weight excluding hydrogens is 375 g/mol. The third-order valence-corrected chi connectivity index (χ3v) is 4.30. The molecule has 98 valence electrons. The Balaban J connectivity index is 2.10. The Hall–Kier alpha value is -1.21. The number of aliphatic carboxylic acids is 1. The van der Waals surface area contributed by atoms with Crippen LogP contribution in [-0.4, -0.2) is 16.2 Å². The molecule has 0 bridgehead atoms. The Morgan fingerprint density at radius 3 is 2.32 bits per heavy atom. The van der Waals surface area contributed by atoms with Crippen molar-refractivity contribution in [1.29, 1.82) is 0 Å². The molecule has 2 rings (SSSR count). The Bertz CT molecular complexity index is 596. The number of rotatable bonds is 4. The van der Waals surface area contributed by atoms with Crippen molar-refractivity contribution in [1.82, 2.24) is 0 Å². The number of carbonyl (C=O) groups is 1. The summed E-state index contributed by atoms with van der Waals surface area (Å²) in [6, 6.07) is 12.9. The number of halogens is 1. The summed E-state index contributed by atoms with van der Waals surface area (Å²) in [4.78, 5) is 12.7. The average molecular weight is 386 g/mol. The third kappa shape index (κ3) is 4.14. The van der Waals surface area contributed by atoms with Gasteiger partial charge in [-0.1, -0.05) is 23.9 Å². The highest BCUT2D eigenvalue weighted by atomic mass is 127. The number of carboxylic acids is 1. The van der Waals surface area contributed by atoms with Gasteiger partial charge in [-0.25, -0.2) is 0 Å². The lowest BCUT2D eigenvalue weighted by Gasteiger charge is -2.04. The van der Waals surface area contributed by atoms with Crippen molar-refractivity contribution in [2.24, 2.45) is 0 Å². The van der Waals surface area contributed by atoms with E-state index in [1.807, 2.05) is 36.4 Å². The van der Waals surface area contributed by atoms with Crippen LogP contribution in [0.4, 0.5) is 0 Å². The Labute approximate surface area is 128 Å². The molecule has 2 aromatic carbocycles. The lowest BCUT2D eigenvalue weighted by Crippen LogP contribution is -1.99. The van der Waals surface area contributed by atoms with Crippen molar-refractivity contribution in [2.45, 2.75) is 16.2 Å². The zero-order valence-corrected chi connectivity index (χ0v) is 12.8. The van der Waals surface area contributed by atoms with Gasteiger partial charge in [0, 0.05) is 9.79 Å². The molecule has 19 heavy (non-hydrogen) atoms. The van der Waals surface area contributed by atoms with Crippen LogP contribution in [0.2, 0.25) is 0 Å². The number of carboxylic acid groups (broad SMARTS) is 1. The number of hydrogen-bond acceptors (Lipinski definition) is 3. The van der Waals surface area contributed by atoms with E-state index < -0.39 is 5.97 Å². The van der Waals surface area contributed by atoms with Crippen LogP contribution in [0.1, 0.15) is 5.56 Å². The average Bonchev–Trinajstić information content (AvgIpc) is 2.36. The smallest absolute Gasteiger partial charge is 0.307 e. The Morgan fingerprint density at radius 2 is 1.74 bits per heavy atom. The molecule has 0 saturated heterocycles. The predicted molar refractivity (Wildman–Crippen MR) is 82.7 cm³/mol. The van der Waals surface area contributed by atoms with Gasteiger partial charge in [0.05, 0.1) is 9.99 Å². The van der Waals surface area contributed by atoms with Crippen LogP contribution in [0.15, 0.2) is 52.3 Å². The molecule has 0 heterocycles. The topological polar surface area (TPSA) is 57.5 Å². The molecule has 0 amide bonds. The van der Waals surface area contributed by atoms with E-state index in [1.54, 1.807) is 17.8 Å². The van der Waals surface area contributed by atoms with Gasteiger partial charge in [0.15, 0.2) is 0 Å². The van der Waals surface area contributed by atoms with E-state index in [-0.39, 0.29) is 12.2 Å². The third-order valence-electron chi connectivity index (χ3n) is 2.43. The second-order valence-electron chi connectivity index (χ2n) is 3.93. The van der Waals surface area contributed by atoms with E-state index in [0.717, 1.165) is 18.9 Å². The van der Waals surface area contributed by atoms with Crippen LogP contribution >= 0.6 is 34.4 Å². The molecule has 0 saturated carbocycles. The molecule has 0 unspecified atom stereocenters. The Morgan fingerprint density at radius 1 is 1.11 bits per heavy atom. The molecule has 0 spiro atoms. The molecular formula is C14H11IO3S. The van der Waals surface area contributed by atoms with Gasteiger partial charge in [-0.3, -0.25) is 4.79 Å². The van der Waals surface area contributed by atoms with Gasteiger partial charge in [0.1, 0.15) is 5.75 Å². The van der Waals surface area contributed by atoms with Crippen molar-refractivity contribution in [2.75, 3.05) is 0 Å². The molecule has 2 aromatic rings. The first-order chi connectivity index (χ1) is 9.04. The van der Waals surface area contributed by atoms with Crippen molar-refractivity contribution in [3.05, 3.63) is 51.6 Å². The Kier molecular flexibility index (Phi) is 4.71. The zero-order chi connectivity index (χ0) is 13.8. The van der Waals surface area contributed by atoms with E-state index in [1.165, 1.54) is 0 Å². The van der Waals surface area contributed by atoms with Crippen LogP contribution in [0.25, 0.3) is 0 Å². The van der Waals surface area contributed by atoms with Gasteiger partial charge in [0.25, 0.3) is 0 Å². The van der Waals surface area contributed by atoms with Gasteiger partial charge < -0.3 is 10.2 Å². The fourth-order valence-corrected chi connectivity index (χ4v) is 3.12. The van der Waals surface area contributed by atoms with Crippen molar-refractivity contribution < 1.29 is 15.0 Å². The molecule has 3 nitrogen and oxygen atoms in total. The molecule has 0 aromatic heterocycles. The summed E-state index contributed by atoms with van der Waals surface area (Å²) in [6.45, 7) is 0. The second kappa shape index (κ2) is 6.29. The minimum absolute atomic E-state index is 0.0437. The highest BCUT2D eigenvalue weighted by Gasteiger charge is 2.03. The summed E-state index contributed by atoms with van der Waals surface area (Å²) in [5.41, 5.74) is 0.789. The monoisotopic (exact) mass is 386 g/mol. The molecule has 0 radical (unpaired) electrons. The predicted octanol–water partition coefficient (Wildman–Crippen LogP) is 3.78. The van der Waals surface area contributed by atoms with Gasteiger partial charge >= 0.3 is 5.97 Å². The van der Waals surface area contributed by atoms with Crippen LogP contribution < -0.4 is 0 Å². The molecule has 5 heteroatoms. The first kappa shape index (κ1) is 14.2. The van der Waals surface area contributed by atoms with Gasteiger partial charge in [0.2, 0.25) is 0 Å². The van der Waals surface area contributed by atoms with E-state index in [9.17, 15) is 9.90 Å². The molecule has 0 fully saturated rings. The zero-order valence-electron chi connectivity index (χ0n) is 9.84. The summed E-state index contributed by atoms with van der Waals surface area (Å²) in [7, 11) is 0. The molecule has 0 aliphatic heterocycles. The number of phenolic OH excluding ortho intramolecular Hbond substituents is 1. The summed E-state index contributed by atoms with van der Waals surface area (Å²) in [5.74, 6) is -0.546. The fraction of sp³-hybridized carbons (Fsp3) is 0.0714. The number of benzene rings is 2. The lowest BCUT2D eigenvalue weighted by atomic mass is 10.2. The molecule has 2 N–H and O–H groups in total. The maximum atomic E-state index is 10.6. The maximum Gasteiger partial charge on any atom is 0.307 e. The van der Waals surface area contributed by atoms with Crippen molar-refractivity contribution in [3.63, 3.8) is 0 Å². The minimum Gasteiger partial charge on any atom is -0.507 e. The number of aromatic hydroxyl groups is 1. The SMILES string of the molecule is O=C(O)Cc1ccc(Sc2ccc(O)c(I)c2)cc1. The summed E-state index contributed by atoms with van der Waals surface area (Å²) < 4.78 is 0.810. The van der Waals surface area contributed by atoms with Gasteiger partial charge in [-0.15, -0.1) is 0 Å². The van der Waals surface area contributed by atoms with E-state index in [0.29, 0.717) is 0 Å². The number of phenols is 1. The normalized spacial score (nSPS) is 10.4. The fourth-order valence-electron chi connectivity index (χ4n) is 1.54. The highest BCUT2D eigenvalue weighted by molar-refractivity contribution is 14.1. The van der Waals surface area contributed by atoms with Gasteiger partial charge in [-0.05, 0) is 58.5 Å². The van der Waals surface area contributed by atoms with Crippen LogP contribution in [0.3, 0.4) is 0 Å². The molecule has 0 aliphatic carbocycles.